The molecule has 1 aromatic carbocycles. The minimum absolute atomic E-state index is 0.921. The summed E-state index contributed by atoms with van der Waals surface area (Å²) in [4.78, 5) is 2.02. The molecule has 2 aliphatic rings. The monoisotopic (exact) mass is 202 g/mol. The van der Waals surface area contributed by atoms with Crippen molar-refractivity contribution in [3.8, 4) is 0 Å². The minimum Gasteiger partial charge on any atom is -0.249 e. The molecule has 1 aromatic rings. The summed E-state index contributed by atoms with van der Waals surface area (Å²) in [5.74, 6) is 0. The summed E-state index contributed by atoms with van der Waals surface area (Å²) >= 11 is 0. The van der Waals surface area contributed by atoms with Crippen molar-refractivity contribution in [2.75, 3.05) is 0 Å². The highest BCUT2D eigenvalue weighted by molar-refractivity contribution is 7.90. The summed E-state index contributed by atoms with van der Waals surface area (Å²) in [6.07, 6.45) is 6.25. The van der Waals surface area contributed by atoms with Crippen LogP contribution in [-0.4, -0.2) is 4.21 Å². The van der Waals surface area contributed by atoms with Crippen LogP contribution in [0.4, 0.5) is 0 Å². The predicted octanol–water partition coefficient (Wildman–Crippen LogP) is 2.87. The molecule has 1 unspecified atom stereocenters. The number of rotatable bonds is 0. The molecule has 0 N–H and O–H groups in total. The van der Waals surface area contributed by atoms with E-state index in [9.17, 15) is 4.21 Å². The van der Waals surface area contributed by atoms with Gasteiger partial charge in [-0.05, 0) is 36.1 Å². The fourth-order valence-electron chi connectivity index (χ4n) is 2.08. The van der Waals surface area contributed by atoms with Crippen molar-refractivity contribution in [2.24, 2.45) is 0 Å². The van der Waals surface area contributed by atoms with Gasteiger partial charge in [-0.3, -0.25) is 0 Å². The van der Waals surface area contributed by atoms with Crippen molar-refractivity contribution in [2.45, 2.75) is 17.7 Å². The second-order valence-corrected chi connectivity index (χ2v) is 4.97. The van der Waals surface area contributed by atoms with E-state index < -0.39 is 10.8 Å². The van der Waals surface area contributed by atoms with Gasteiger partial charge in [0.1, 0.15) is 0 Å². The molecular formula is C12H10OS. The van der Waals surface area contributed by atoms with Gasteiger partial charge < -0.3 is 0 Å². The van der Waals surface area contributed by atoms with Crippen LogP contribution >= 0.6 is 0 Å². The van der Waals surface area contributed by atoms with Crippen molar-refractivity contribution in [3.63, 3.8) is 0 Å². The predicted molar refractivity (Wildman–Crippen MR) is 58.1 cm³/mol. The fraction of sp³-hybridized carbons (Fsp3) is 0.167. The Bertz CT molecular complexity index is 483. The van der Waals surface area contributed by atoms with Crippen LogP contribution in [0.1, 0.15) is 18.4 Å². The Morgan fingerprint density at radius 2 is 2.07 bits per heavy atom. The highest BCUT2D eigenvalue weighted by Crippen LogP contribution is 2.41. The van der Waals surface area contributed by atoms with Crippen molar-refractivity contribution in [1.29, 1.82) is 0 Å². The first-order valence-electron chi connectivity index (χ1n) is 4.79. The average molecular weight is 202 g/mol. The maximum atomic E-state index is 12.0. The zero-order valence-corrected chi connectivity index (χ0v) is 8.51. The quantitative estimate of drug-likeness (QED) is 0.632. The molecule has 1 aliphatic heterocycles. The second kappa shape index (κ2) is 2.92. The summed E-state index contributed by atoms with van der Waals surface area (Å²) in [6.45, 7) is 0. The number of hydrogen-bond donors (Lipinski definition) is 0. The Balaban J connectivity index is 2.28. The van der Waals surface area contributed by atoms with Crippen LogP contribution < -0.4 is 0 Å². The summed E-state index contributed by atoms with van der Waals surface area (Å²) in [5, 5.41) is 0. The normalized spacial score (nSPS) is 23.6. The molecule has 1 atom stereocenters. The van der Waals surface area contributed by atoms with E-state index >= 15 is 0 Å². The molecule has 14 heavy (non-hydrogen) atoms. The first-order valence-corrected chi connectivity index (χ1v) is 5.94. The Hall–Kier alpha value is -1.15. The van der Waals surface area contributed by atoms with Crippen LogP contribution in [0.15, 0.2) is 46.2 Å². The SMILES string of the molecule is O=S1C2=C(CCC=C2)c2ccccc21. The van der Waals surface area contributed by atoms with E-state index in [1.165, 1.54) is 11.1 Å². The molecule has 0 bridgehead atoms. The molecule has 0 radical (unpaired) electrons. The van der Waals surface area contributed by atoms with E-state index in [0.29, 0.717) is 0 Å². The molecule has 1 aliphatic carbocycles. The first-order chi connectivity index (χ1) is 6.88. The topological polar surface area (TPSA) is 17.1 Å². The highest BCUT2D eigenvalue weighted by Gasteiger charge is 2.27. The lowest BCUT2D eigenvalue weighted by Gasteiger charge is -2.06. The van der Waals surface area contributed by atoms with Crippen LogP contribution in [0.5, 0.6) is 0 Å². The molecule has 0 saturated carbocycles. The van der Waals surface area contributed by atoms with E-state index in [4.69, 9.17) is 0 Å². The number of hydrogen-bond acceptors (Lipinski definition) is 1. The van der Waals surface area contributed by atoms with E-state index in [-0.39, 0.29) is 0 Å². The molecule has 0 spiro atoms. The Morgan fingerprint density at radius 3 is 3.00 bits per heavy atom. The van der Waals surface area contributed by atoms with Crippen molar-refractivity contribution in [1.82, 2.24) is 0 Å². The van der Waals surface area contributed by atoms with Gasteiger partial charge in [0.05, 0.1) is 15.7 Å². The van der Waals surface area contributed by atoms with E-state index in [2.05, 4.69) is 12.1 Å². The summed E-state index contributed by atoms with van der Waals surface area (Å²) in [5.41, 5.74) is 2.49. The second-order valence-electron chi connectivity index (χ2n) is 3.55. The summed E-state index contributed by atoms with van der Waals surface area (Å²) < 4.78 is 12.0. The molecule has 0 saturated heterocycles. The van der Waals surface area contributed by atoms with Gasteiger partial charge in [-0.15, -0.1) is 0 Å². The zero-order chi connectivity index (χ0) is 9.54. The van der Waals surface area contributed by atoms with Gasteiger partial charge in [-0.25, -0.2) is 4.21 Å². The fourth-order valence-corrected chi connectivity index (χ4v) is 3.56. The molecule has 1 nitrogen and oxygen atoms in total. The lowest BCUT2D eigenvalue weighted by atomic mass is 9.98. The van der Waals surface area contributed by atoms with E-state index in [0.717, 1.165) is 22.6 Å². The smallest absolute Gasteiger partial charge is 0.0858 e. The highest BCUT2D eigenvalue weighted by atomic mass is 32.2. The van der Waals surface area contributed by atoms with Crippen molar-refractivity contribution < 1.29 is 4.21 Å². The van der Waals surface area contributed by atoms with Gasteiger partial charge in [0.15, 0.2) is 0 Å². The molecule has 0 aromatic heterocycles. The first kappa shape index (κ1) is 8.18. The maximum absolute atomic E-state index is 12.0. The molecule has 0 fully saturated rings. The van der Waals surface area contributed by atoms with Crippen molar-refractivity contribution >= 4 is 16.4 Å². The lowest BCUT2D eigenvalue weighted by Crippen LogP contribution is -1.90. The summed E-state index contributed by atoms with van der Waals surface area (Å²) in [7, 11) is -0.921. The third kappa shape index (κ3) is 0.976. The molecular weight excluding hydrogens is 192 g/mol. The van der Waals surface area contributed by atoms with Crippen LogP contribution in [0, 0.1) is 0 Å². The van der Waals surface area contributed by atoms with Gasteiger partial charge in [0, 0.05) is 4.91 Å². The van der Waals surface area contributed by atoms with Crippen LogP contribution in [-0.2, 0) is 10.8 Å². The molecule has 1 heterocycles. The van der Waals surface area contributed by atoms with Crippen molar-refractivity contribution in [3.05, 3.63) is 46.9 Å². The van der Waals surface area contributed by atoms with E-state index in [1.807, 2.05) is 24.3 Å². The molecule has 70 valence electrons. The zero-order valence-electron chi connectivity index (χ0n) is 7.69. The average Bonchev–Trinajstić information content (AvgIpc) is 2.55. The van der Waals surface area contributed by atoms with Gasteiger partial charge in [0.2, 0.25) is 0 Å². The Kier molecular flexibility index (Phi) is 1.71. The van der Waals surface area contributed by atoms with Crippen LogP contribution in [0.2, 0.25) is 0 Å². The Morgan fingerprint density at radius 1 is 1.21 bits per heavy atom. The van der Waals surface area contributed by atoms with Crippen LogP contribution in [0.25, 0.3) is 5.57 Å². The summed E-state index contributed by atoms with van der Waals surface area (Å²) in [6, 6.07) is 8.02. The van der Waals surface area contributed by atoms with Gasteiger partial charge in [-0.1, -0.05) is 24.3 Å². The van der Waals surface area contributed by atoms with E-state index in [1.54, 1.807) is 0 Å². The molecule has 3 rings (SSSR count). The van der Waals surface area contributed by atoms with Gasteiger partial charge in [-0.2, -0.15) is 0 Å². The number of benzene rings is 1. The minimum atomic E-state index is -0.921. The third-order valence-electron chi connectivity index (χ3n) is 2.74. The molecule has 0 amide bonds. The third-order valence-corrected chi connectivity index (χ3v) is 4.28. The van der Waals surface area contributed by atoms with Gasteiger partial charge >= 0.3 is 0 Å². The standard InChI is InChI=1S/C12H10OS/c13-14-11-7-3-1-5-9(11)10-6-2-4-8-12(10)14/h1,3-5,7-8H,2,6H2. The Labute approximate surface area is 85.6 Å². The van der Waals surface area contributed by atoms with Gasteiger partial charge in [0.25, 0.3) is 0 Å². The maximum Gasteiger partial charge on any atom is 0.0858 e. The lowest BCUT2D eigenvalue weighted by molar-refractivity contribution is 0.688. The molecule has 2 heteroatoms. The number of allylic oxidation sites excluding steroid dienone is 3. The van der Waals surface area contributed by atoms with Crippen LogP contribution in [0.3, 0.4) is 0 Å². The largest absolute Gasteiger partial charge is 0.249 e. The number of fused-ring (bicyclic) bond motifs is 2.